The Bertz CT molecular complexity index is 537. The van der Waals surface area contributed by atoms with Gasteiger partial charge in [0.1, 0.15) is 0 Å². The molecule has 0 aromatic heterocycles. The first-order valence-electron chi connectivity index (χ1n) is 7.50. The summed E-state index contributed by atoms with van der Waals surface area (Å²) < 4.78 is 24.3. The van der Waals surface area contributed by atoms with E-state index in [9.17, 15) is 18.6 Å². The molecular weight excluding hydrogens is 288 g/mol. The molecule has 0 heterocycles. The Balaban J connectivity index is 3.02. The van der Waals surface area contributed by atoms with Crippen LogP contribution in [0.15, 0.2) is 29.2 Å². The van der Waals surface area contributed by atoms with Gasteiger partial charge in [-0.15, -0.1) is 0 Å². The molecule has 0 spiro atoms. The zero-order valence-electron chi connectivity index (χ0n) is 13.0. The minimum absolute atomic E-state index is 0.0337. The summed E-state index contributed by atoms with van der Waals surface area (Å²) in [5.41, 5.74) is 0.898. The Kier molecular flexibility index (Phi) is 6.84. The average Bonchev–Trinajstić information content (AvgIpc) is 2.44. The molecule has 4 nitrogen and oxygen atoms in total. The monoisotopic (exact) mass is 314 g/mol. The number of benzene rings is 1. The van der Waals surface area contributed by atoms with E-state index in [-0.39, 0.29) is 11.7 Å². The van der Waals surface area contributed by atoms with E-state index in [0.29, 0.717) is 17.7 Å². The first kappa shape index (κ1) is 18.1. The normalized spacial score (nSPS) is 16.4. The maximum Gasteiger partial charge on any atom is 0.178 e. The molecule has 5 heteroatoms. The van der Waals surface area contributed by atoms with Crippen LogP contribution in [0.25, 0.3) is 0 Å². The SMILES string of the molecule is CCCS(=O)(=O)c1cccc(C(CC)CC(O)C(C)O)c1. The van der Waals surface area contributed by atoms with Gasteiger partial charge in [0, 0.05) is 0 Å². The molecule has 1 aromatic rings. The molecule has 1 rings (SSSR count). The first-order valence-corrected chi connectivity index (χ1v) is 9.15. The molecule has 0 bridgehead atoms. The van der Waals surface area contributed by atoms with Gasteiger partial charge in [0.15, 0.2) is 9.84 Å². The summed E-state index contributed by atoms with van der Waals surface area (Å²) in [5, 5.41) is 19.3. The predicted molar refractivity (Wildman–Crippen MR) is 84.1 cm³/mol. The van der Waals surface area contributed by atoms with Gasteiger partial charge in [0.2, 0.25) is 0 Å². The van der Waals surface area contributed by atoms with Crippen molar-refractivity contribution in [1.29, 1.82) is 0 Å². The van der Waals surface area contributed by atoms with Crippen LogP contribution < -0.4 is 0 Å². The van der Waals surface area contributed by atoms with Crippen molar-refractivity contribution in [2.45, 2.75) is 63.1 Å². The lowest BCUT2D eigenvalue weighted by Gasteiger charge is -2.21. The third-order valence-corrected chi connectivity index (χ3v) is 5.65. The summed E-state index contributed by atoms with van der Waals surface area (Å²) in [7, 11) is -3.23. The summed E-state index contributed by atoms with van der Waals surface area (Å²) in [6, 6.07) is 6.95. The van der Waals surface area contributed by atoms with Crippen molar-refractivity contribution in [3.63, 3.8) is 0 Å². The van der Waals surface area contributed by atoms with Crippen LogP contribution in [0.2, 0.25) is 0 Å². The van der Waals surface area contributed by atoms with Crippen LogP contribution in [0, 0.1) is 0 Å². The van der Waals surface area contributed by atoms with Crippen molar-refractivity contribution >= 4 is 9.84 Å². The molecule has 0 aliphatic heterocycles. The van der Waals surface area contributed by atoms with E-state index < -0.39 is 22.0 Å². The minimum atomic E-state index is -3.23. The van der Waals surface area contributed by atoms with Gasteiger partial charge in [-0.1, -0.05) is 26.0 Å². The Morgan fingerprint density at radius 1 is 1.19 bits per heavy atom. The molecule has 3 atom stereocenters. The zero-order chi connectivity index (χ0) is 16.0. The largest absolute Gasteiger partial charge is 0.391 e. The molecule has 0 amide bonds. The lowest BCUT2D eigenvalue weighted by molar-refractivity contribution is 0.0215. The maximum absolute atomic E-state index is 12.1. The van der Waals surface area contributed by atoms with E-state index in [1.807, 2.05) is 19.9 Å². The van der Waals surface area contributed by atoms with Crippen LogP contribution in [-0.2, 0) is 9.84 Å². The van der Waals surface area contributed by atoms with E-state index in [2.05, 4.69) is 0 Å². The topological polar surface area (TPSA) is 74.6 Å². The van der Waals surface area contributed by atoms with Crippen LogP contribution in [0.4, 0.5) is 0 Å². The Morgan fingerprint density at radius 3 is 2.38 bits per heavy atom. The second-order valence-electron chi connectivity index (χ2n) is 5.54. The van der Waals surface area contributed by atoms with Crippen molar-refractivity contribution in [2.24, 2.45) is 0 Å². The molecule has 0 saturated heterocycles. The Morgan fingerprint density at radius 2 is 1.86 bits per heavy atom. The highest BCUT2D eigenvalue weighted by molar-refractivity contribution is 7.91. The van der Waals surface area contributed by atoms with Gasteiger partial charge < -0.3 is 10.2 Å². The Hall–Kier alpha value is -0.910. The van der Waals surface area contributed by atoms with Crippen molar-refractivity contribution < 1.29 is 18.6 Å². The van der Waals surface area contributed by atoms with Crippen LogP contribution in [0.5, 0.6) is 0 Å². The maximum atomic E-state index is 12.1. The molecule has 0 aliphatic carbocycles. The third-order valence-electron chi connectivity index (χ3n) is 3.74. The molecule has 0 radical (unpaired) electrons. The molecule has 3 unspecified atom stereocenters. The first-order chi connectivity index (χ1) is 9.81. The zero-order valence-corrected chi connectivity index (χ0v) is 13.8. The molecule has 1 aromatic carbocycles. The van der Waals surface area contributed by atoms with Crippen LogP contribution in [-0.4, -0.2) is 36.6 Å². The average molecular weight is 314 g/mol. The van der Waals surface area contributed by atoms with Crippen LogP contribution in [0.1, 0.15) is 51.5 Å². The van der Waals surface area contributed by atoms with Gasteiger partial charge in [-0.3, -0.25) is 0 Å². The van der Waals surface area contributed by atoms with E-state index in [0.717, 1.165) is 12.0 Å². The highest BCUT2D eigenvalue weighted by atomic mass is 32.2. The molecular formula is C16H26O4S. The summed E-state index contributed by atoms with van der Waals surface area (Å²) in [6.07, 6.45) is 0.203. The lowest BCUT2D eigenvalue weighted by Crippen LogP contribution is -2.24. The van der Waals surface area contributed by atoms with Crippen molar-refractivity contribution in [3.8, 4) is 0 Å². The van der Waals surface area contributed by atoms with Crippen molar-refractivity contribution in [1.82, 2.24) is 0 Å². The number of hydrogen-bond acceptors (Lipinski definition) is 4. The van der Waals surface area contributed by atoms with E-state index in [1.54, 1.807) is 25.1 Å². The Labute approximate surface area is 127 Å². The highest BCUT2D eigenvalue weighted by Crippen LogP contribution is 2.27. The molecule has 0 fully saturated rings. The predicted octanol–water partition coefficient (Wildman–Crippen LogP) is 2.50. The number of sulfone groups is 1. The quantitative estimate of drug-likeness (QED) is 0.773. The van der Waals surface area contributed by atoms with E-state index in [1.165, 1.54) is 0 Å². The molecule has 0 saturated carbocycles. The van der Waals surface area contributed by atoms with Crippen LogP contribution >= 0.6 is 0 Å². The second kappa shape index (κ2) is 7.92. The fourth-order valence-corrected chi connectivity index (χ4v) is 3.75. The van der Waals surface area contributed by atoms with Gasteiger partial charge in [-0.25, -0.2) is 8.42 Å². The van der Waals surface area contributed by atoms with Gasteiger partial charge in [0.25, 0.3) is 0 Å². The molecule has 0 aliphatic rings. The number of hydrogen-bond donors (Lipinski definition) is 2. The van der Waals surface area contributed by atoms with Gasteiger partial charge in [0.05, 0.1) is 22.9 Å². The van der Waals surface area contributed by atoms with Gasteiger partial charge in [-0.05, 0) is 49.8 Å². The fraction of sp³-hybridized carbons (Fsp3) is 0.625. The number of aliphatic hydroxyl groups is 2. The van der Waals surface area contributed by atoms with E-state index in [4.69, 9.17) is 0 Å². The highest BCUT2D eigenvalue weighted by Gasteiger charge is 2.20. The third kappa shape index (κ3) is 5.09. The second-order valence-corrected chi connectivity index (χ2v) is 7.65. The lowest BCUT2D eigenvalue weighted by atomic mass is 9.89. The summed E-state index contributed by atoms with van der Waals surface area (Å²) in [6.45, 7) is 5.39. The molecule has 2 N–H and O–H groups in total. The van der Waals surface area contributed by atoms with Crippen LogP contribution in [0.3, 0.4) is 0 Å². The number of rotatable bonds is 8. The minimum Gasteiger partial charge on any atom is -0.391 e. The smallest absolute Gasteiger partial charge is 0.178 e. The van der Waals surface area contributed by atoms with Crippen molar-refractivity contribution in [3.05, 3.63) is 29.8 Å². The molecule has 120 valence electrons. The van der Waals surface area contributed by atoms with Crippen molar-refractivity contribution in [2.75, 3.05) is 5.75 Å². The summed E-state index contributed by atoms with van der Waals surface area (Å²) in [5.74, 6) is 0.176. The summed E-state index contributed by atoms with van der Waals surface area (Å²) in [4.78, 5) is 0.340. The fourth-order valence-electron chi connectivity index (χ4n) is 2.38. The summed E-state index contributed by atoms with van der Waals surface area (Å²) >= 11 is 0. The van der Waals surface area contributed by atoms with Gasteiger partial charge >= 0.3 is 0 Å². The standard InChI is InChI=1S/C16H26O4S/c1-4-9-21(19,20)15-8-6-7-14(10-15)13(5-2)11-16(18)12(3)17/h6-8,10,12-13,16-18H,4-5,9,11H2,1-3H3. The molecule has 21 heavy (non-hydrogen) atoms. The van der Waals surface area contributed by atoms with Gasteiger partial charge in [-0.2, -0.15) is 0 Å². The van der Waals surface area contributed by atoms with E-state index >= 15 is 0 Å². The number of aliphatic hydroxyl groups excluding tert-OH is 2.